The number of hydrogen-bond donors (Lipinski definition) is 1. The van der Waals surface area contributed by atoms with Gasteiger partial charge >= 0.3 is 0 Å². The molecule has 5 nitrogen and oxygen atoms in total. The van der Waals surface area contributed by atoms with Crippen molar-refractivity contribution in [1.29, 1.82) is 0 Å². The molecule has 0 aromatic carbocycles. The number of rotatable bonds is 1. The van der Waals surface area contributed by atoms with Gasteiger partial charge in [0.25, 0.3) is 0 Å². The fourth-order valence-corrected chi connectivity index (χ4v) is 1.13. The normalized spacial score (nSPS) is 10.4. The number of nitrogen functional groups attached to an aromatic ring is 1. The highest BCUT2D eigenvalue weighted by Crippen LogP contribution is 2.16. The number of hydrogen-bond acceptors (Lipinski definition) is 4. The zero-order valence-corrected chi connectivity index (χ0v) is 8.10. The van der Waals surface area contributed by atoms with Crippen molar-refractivity contribution in [1.82, 2.24) is 19.7 Å². The summed E-state index contributed by atoms with van der Waals surface area (Å²) in [5, 5.41) is 4.20. The van der Waals surface area contributed by atoms with Gasteiger partial charge in [-0.2, -0.15) is 5.10 Å². The lowest BCUT2D eigenvalue weighted by molar-refractivity contribution is 0.781. The lowest BCUT2D eigenvalue weighted by atomic mass is 10.3. The topological polar surface area (TPSA) is 69.6 Å². The van der Waals surface area contributed by atoms with Crippen LogP contribution in [0.3, 0.4) is 0 Å². The molecule has 0 saturated heterocycles. The molecule has 5 heteroatoms. The van der Waals surface area contributed by atoms with Gasteiger partial charge in [0.1, 0.15) is 17.2 Å². The summed E-state index contributed by atoms with van der Waals surface area (Å²) in [6.45, 7) is 1.89. The van der Waals surface area contributed by atoms with Crippen molar-refractivity contribution in [2.45, 2.75) is 6.92 Å². The summed E-state index contributed by atoms with van der Waals surface area (Å²) >= 11 is 0. The summed E-state index contributed by atoms with van der Waals surface area (Å²) in [6, 6.07) is 1.78. The van der Waals surface area contributed by atoms with Gasteiger partial charge in [0.15, 0.2) is 0 Å². The third kappa shape index (κ3) is 1.44. The molecular formula is C9H11N5. The molecule has 2 rings (SSSR count). The molecule has 0 aliphatic heterocycles. The van der Waals surface area contributed by atoms with E-state index in [1.165, 1.54) is 0 Å². The van der Waals surface area contributed by atoms with Gasteiger partial charge in [0, 0.05) is 19.3 Å². The van der Waals surface area contributed by atoms with E-state index in [4.69, 9.17) is 5.73 Å². The van der Waals surface area contributed by atoms with Crippen molar-refractivity contribution in [3.63, 3.8) is 0 Å². The largest absolute Gasteiger partial charge is 0.384 e. The Kier molecular flexibility index (Phi) is 1.92. The monoisotopic (exact) mass is 189 g/mol. The number of anilines is 1. The lowest BCUT2D eigenvalue weighted by Crippen LogP contribution is -1.96. The van der Waals surface area contributed by atoms with Crippen molar-refractivity contribution in [3.8, 4) is 11.4 Å². The van der Waals surface area contributed by atoms with Crippen LogP contribution in [0.2, 0.25) is 0 Å². The first kappa shape index (κ1) is 8.68. The second kappa shape index (κ2) is 3.10. The molecular weight excluding hydrogens is 178 g/mol. The fourth-order valence-electron chi connectivity index (χ4n) is 1.13. The van der Waals surface area contributed by atoms with E-state index in [2.05, 4.69) is 15.1 Å². The maximum absolute atomic E-state index is 5.66. The summed E-state index contributed by atoms with van der Waals surface area (Å²) in [6.07, 6.45) is 3.40. The molecule has 14 heavy (non-hydrogen) atoms. The molecule has 72 valence electrons. The number of nitrogens with zero attached hydrogens (tertiary/aromatic N) is 4. The van der Waals surface area contributed by atoms with Crippen LogP contribution >= 0.6 is 0 Å². The van der Waals surface area contributed by atoms with E-state index in [0.717, 1.165) is 17.1 Å². The predicted molar refractivity (Wildman–Crippen MR) is 53.4 cm³/mol. The SMILES string of the molecule is Cc1cnc(-c2cc(N)n(C)n2)cn1. The van der Waals surface area contributed by atoms with Gasteiger partial charge in [0.05, 0.1) is 11.9 Å². The first-order chi connectivity index (χ1) is 6.66. The molecule has 0 amide bonds. The molecule has 0 radical (unpaired) electrons. The Morgan fingerprint density at radius 2 is 2.00 bits per heavy atom. The Bertz CT molecular complexity index is 423. The molecule has 0 fully saturated rings. The summed E-state index contributed by atoms with van der Waals surface area (Å²) in [5.74, 6) is 0.613. The predicted octanol–water partition coefficient (Wildman–Crippen LogP) is 0.768. The molecule has 0 unspecified atom stereocenters. The van der Waals surface area contributed by atoms with E-state index in [1.807, 2.05) is 6.92 Å². The summed E-state index contributed by atoms with van der Waals surface area (Å²) in [5.41, 5.74) is 8.03. The molecule has 0 aliphatic rings. The molecule has 2 aromatic rings. The first-order valence-electron chi connectivity index (χ1n) is 4.25. The highest BCUT2D eigenvalue weighted by molar-refractivity contribution is 5.56. The van der Waals surface area contributed by atoms with Crippen LogP contribution in [0.15, 0.2) is 18.5 Å². The first-order valence-corrected chi connectivity index (χ1v) is 4.25. The maximum Gasteiger partial charge on any atom is 0.122 e. The number of aromatic nitrogens is 4. The summed E-state index contributed by atoms with van der Waals surface area (Å²) < 4.78 is 1.61. The molecule has 2 N–H and O–H groups in total. The van der Waals surface area contributed by atoms with Gasteiger partial charge in [-0.1, -0.05) is 0 Å². The van der Waals surface area contributed by atoms with Gasteiger partial charge < -0.3 is 5.73 Å². The van der Waals surface area contributed by atoms with Gasteiger partial charge in [-0.15, -0.1) is 0 Å². The van der Waals surface area contributed by atoms with Crippen LogP contribution in [-0.4, -0.2) is 19.7 Å². The zero-order valence-electron chi connectivity index (χ0n) is 8.10. The minimum Gasteiger partial charge on any atom is -0.384 e. The molecule has 0 bridgehead atoms. The second-order valence-corrected chi connectivity index (χ2v) is 3.12. The highest BCUT2D eigenvalue weighted by atomic mass is 15.3. The van der Waals surface area contributed by atoms with Crippen molar-refractivity contribution < 1.29 is 0 Å². The Balaban J connectivity index is 2.44. The Hall–Kier alpha value is -1.91. The number of aryl methyl sites for hydroxylation is 2. The maximum atomic E-state index is 5.66. The summed E-state index contributed by atoms with van der Waals surface area (Å²) in [4.78, 5) is 8.35. The molecule has 0 saturated carbocycles. The quantitative estimate of drug-likeness (QED) is 0.719. The van der Waals surface area contributed by atoms with Crippen molar-refractivity contribution in [2.24, 2.45) is 7.05 Å². The van der Waals surface area contributed by atoms with Gasteiger partial charge in [0.2, 0.25) is 0 Å². The van der Waals surface area contributed by atoms with Crippen molar-refractivity contribution in [2.75, 3.05) is 5.73 Å². The standard InChI is InChI=1S/C9H11N5/c1-6-4-12-8(5-11-6)7-3-9(10)14(2)13-7/h3-5H,10H2,1-2H3. The van der Waals surface area contributed by atoms with E-state index < -0.39 is 0 Å². The van der Waals surface area contributed by atoms with E-state index in [0.29, 0.717) is 5.82 Å². The van der Waals surface area contributed by atoms with Gasteiger partial charge in [-0.3, -0.25) is 14.6 Å². The minimum atomic E-state index is 0.613. The Labute approximate surface area is 81.6 Å². The van der Waals surface area contributed by atoms with Crippen molar-refractivity contribution >= 4 is 5.82 Å². The third-order valence-electron chi connectivity index (χ3n) is 1.96. The average Bonchev–Trinajstić information content (AvgIpc) is 2.48. The lowest BCUT2D eigenvalue weighted by Gasteiger charge is -1.94. The highest BCUT2D eigenvalue weighted by Gasteiger charge is 2.05. The van der Waals surface area contributed by atoms with Crippen LogP contribution < -0.4 is 5.73 Å². The molecule has 2 heterocycles. The van der Waals surface area contributed by atoms with Gasteiger partial charge in [-0.05, 0) is 6.92 Å². The molecule has 0 aliphatic carbocycles. The van der Waals surface area contributed by atoms with E-state index in [-0.39, 0.29) is 0 Å². The van der Waals surface area contributed by atoms with E-state index in [9.17, 15) is 0 Å². The Morgan fingerprint density at radius 1 is 1.21 bits per heavy atom. The molecule has 0 spiro atoms. The summed E-state index contributed by atoms with van der Waals surface area (Å²) in [7, 11) is 1.79. The van der Waals surface area contributed by atoms with Crippen molar-refractivity contribution in [3.05, 3.63) is 24.2 Å². The zero-order chi connectivity index (χ0) is 10.1. The average molecular weight is 189 g/mol. The van der Waals surface area contributed by atoms with Crippen LogP contribution in [0.1, 0.15) is 5.69 Å². The van der Waals surface area contributed by atoms with Crippen LogP contribution in [0.25, 0.3) is 11.4 Å². The molecule has 2 aromatic heterocycles. The van der Waals surface area contributed by atoms with Crippen LogP contribution in [0.5, 0.6) is 0 Å². The number of nitrogens with two attached hydrogens (primary N) is 1. The van der Waals surface area contributed by atoms with Crippen LogP contribution in [-0.2, 0) is 7.05 Å². The second-order valence-electron chi connectivity index (χ2n) is 3.12. The fraction of sp³-hybridized carbons (Fsp3) is 0.222. The molecule has 0 atom stereocenters. The van der Waals surface area contributed by atoms with E-state index in [1.54, 1.807) is 30.2 Å². The smallest absolute Gasteiger partial charge is 0.122 e. The Morgan fingerprint density at radius 3 is 2.50 bits per heavy atom. The van der Waals surface area contributed by atoms with Crippen LogP contribution in [0, 0.1) is 6.92 Å². The third-order valence-corrected chi connectivity index (χ3v) is 1.96. The van der Waals surface area contributed by atoms with E-state index >= 15 is 0 Å². The van der Waals surface area contributed by atoms with Crippen LogP contribution in [0.4, 0.5) is 5.82 Å². The van der Waals surface area contributed by atoms with Gasteiger partial charge in [-0.25, -0.2) is 0 Å². The minimum absolute atomic E-state index is 0.613.